The van der Waals surface area contributed by atoms with Gasteiger partial charge in [-0.15, -0.1) is 0 Å². The Morgan fingerprint density at radius 2 is 1.93 bits per heavy atom. The van der Waals surface area contributed by atoms with Gasteiger partial charge >= 0.3 is 5.97 Å². The van der Waals surface area contributed by atoms with Crippen molar-refractivity contribution in [3.8, 4) is 0 Å². The van der Waals surface area contributed by atoms with Crippen LogP contribution in [0, 0.1) is 11.8 Å². The van der Waals surface area contributed by atoms with Gasteiger partial charge in [-0.05, 0) is 5.92 Å². The molecule has 0 amide bonds. The van der Waals surface area contributed by atoms with E-state index < -0.39 is 22.1 Å². The lowest BCUT2D eigenvalue weighted by Gasteiger charge is -2.20. The molecule has 1 saturated heterocycles. The van der Waals surface area contributed by atoms with Gasteiger partial charge in [-0.3, -0.25) is 4.79 Å². The summed E-state index contributed by atoms with van der Waals surface area (Å²) < 4.78 is 25.7. The van der Waals surface area contributed by atoms with Crippen LogP contribution in [0.25, 0.3) is 0 Å². The average molecular weight is 236 g/mol. The van der Waals surface area contributed by atoms with Gasteiger partial charge in [0, 0.05) is 27.2 Å². The lowest BCUT2D eigenvalue weighted by atomic mass is 9.99. The van der Waals surface area contributed by atoms with E-state index in [1.807, 2.05) is 0 Å². The predicted octanol–water partition coefficient (Wildman–Crippen LogP) is -0.555. The van der Waals surface area contributed by atoms with Crippen molar-refractivity contribution in [3.63, 3.8) is 0 Å². The summed E-state index contributed by atoms with van der Waals surface area (Å²) in [6, 6.07) is 0. The van der Waals surface area contributed by atoms with Crippen molar-refractivity contribution in [1.82, 2.24) is 8.61 Å². The van der Waals surface area contributed by atoms with E-state index in [1.165, 1.54) is 18.4 Å². The maximum atomic E-state index is 11.7. The fourth-order valence-electron chi connectivity index (χ4n) is 1.66. The second-order valence-electron chi connectivity index (χ2n) is 4.03. The van der Waals surface area contributed by atoms with Crippen molar-refractivity contribution in [3.05, 3.63) is 0 Å². The van der Waals surface area contributed by atoms with Crippen molar-refractivity contribution in [2.75, 3.05) is 27.2 Å². The number of aliphatic carboxylic acids is 1. The third-order valence-electron chi connectivity index (χ3n) is 2.68. The quantitative estimate of drug-likeness (QED) is 0.713. The summed E-state index contributed by atoms with van der Waals surface area (Å²) in [7, 11) is -0.595. The fourth-order valence-corrected chi connectivity index (χ4v) is 2.90. The van der Waals surface area contributed by atoms with E-state index in [0.717, 1.165) is 4.31 Å². The van der Waals surface area contributed by atoms with Crippen LogP contribution in [0.15, 0.2) is 0 Å². The minimum absolute atomic E-state index is 0.0665. The van der Waals surface area contributed by atoms with Gasteiger partial charge in [-0.25, -0.2) is 0 Å². The van der Waals surface area contributed by atoms with E-state index in [-0.39, 0.29) is 19.0 Å². The molecule has 6 nitrogen and oxygen atoms in total. The Bertz CT molecular complexity index is 352. The van der Waals surface area contributed by atoms with Crippen LogP contribution in [0.1, 0.15) is 6.92 Å². The van der Waals surface area contributed by atoms with Gasteiger partial charge < -0.3 is 5.11 Å². The van der Waals surface area contributed by atoms with Gasteiger partial charge in [0.15, 0.2) is 0 Å². The molecule has 0 spiro atoms. The standard InChI is InChI=1S/C8H16N2O4S/c1-6-4-10(5-7(6)8(11)12)15(13,14)9(2)3/h6-7H,4-5H2,1-3H3,(H,11,12). The Labute approximate surface area is 89.7 Å². The maximum Gasteiger partial charge on any atom is 0.308 e. The molecule has 0 radical (unpaired) electrons. The zero-order valence-electron chi connectivity index (χ0n) is 9.04. The lowest BCUT2D eigenvalue weighted by Crippen LogP contribution is -2.39. The molecule has 15 heavy (non-hydrogen) atoms. The van der Waals surface area contributed by atoms with Crippen LogP contribution >= 0.6 is 0 Å². The van der Waals surface area contributed by atoms with Crippen LogP contribution in [-0.2, 0) is 15.0 Å². The number of nitrogens with zero attached hydrogens (tertiary/aromatic N) is 2. The molecule has 88 valence electrons. The summed E-state index contributed by atoms with van der Waals surface area (Å²) in [5, 5.41) is 8.87. The molecular weight excluding hydrogens is 220 g/mol. The van der Waals surface area contributed by atoms with E-state index in [0.29, 0.717) is 0 Å². The molecule has 2 atom stereocenters. The predicted molar refractivity (Wildman–Crippen MR) is 54.5 cm³/mol. The Morgan fingerprint density at radius 3 is 2.27 bits per heavy atom. The summed E-state index contributed by atoms with van der Waals surface area (Å²) in [5.74, 6) is -1.67. The molecule has 0 aromatic heterocycles. The highest BCUT2D eigenvalue weighted by atomic mass is 32.2. The molecule has 0 aromatic rings. The van der Waals surface area contributed by atoms with Crippen molar-refractivity contribution in [2.45, 2.75) is 6.92 Å². The molecule has 1 heterocycles. The van der Waals surface area contributed by atoms with E-state index in [2.05, 4.69) is 0 Å². The van der Waals surface area contributed by atoms with E-state index >= 15 is 0 Å². The van der Waals surface area contributed by atoms with E-state index in [1.54, 1.807) is 6.92 Å². The van der Waals surface area contributed by atoms with E-state index in [4.69, 9.17) is 5.11 Å². The van der Waals surface area contributed by atoms with Gasteiger partial charge in [-0.2, -0.15) is 17.0 Å². The van der Waals surface area contributed by atoms with Crippen molar-refractivity contribution < 1.29 is 18.3 Å². The van der Waals surface area contributed by atoms with Crippen LogP contribution in [0.3, 0.4) is 0 Å². The monoisotopic (exact) mass is 236 g/mol. The number of hydrogen-bond donors (Lipinski definition) is 1. The zero-order valence-corrected chi connectivity index (χ0v) is 9.86. The summed E-state index contributed by atoms with van der Waals surface area (Å²) in [6.07, 6.45) is 0. The highest BCUT2D eigenvalue weighted by Gasteiger charge is 2.40. The van der Waals surface area contributed by atoms with Crippen LogP contribution in [0.4, 0.5) is 0 Å². The summed E-state index contributed by atoms with van der Waals surface area (Å²) >= 11 is 0. The largest absolute Gasteiger partial charge is 0.481 e. The van der Waals surface area contributed by atoms with Crippen molar-refractivity contribution in [1.29, 1.82) is 0 Å². The Balaban J connectivity index is 2.83. The number of carbonyl (C=O) groups is 1. The Kier molecular flexibility index (Phi) is 3.37. The summed E-state index contributed by atoms with van der Waals surface area (Å²) in [4.78, 5) is 10.8. The summed E-state index contributed by atoms with van der Waals surface area (Å²) in [6.45, 7) is 2.10. The second-order valence-corrected chi connectivity index (χ2v) is 6.17. The van der Waals surface area contributed by atoms with Gasteiger partial charge in [0.2, 0.25) is 0 Å². The van der Waals surface area contributed by atoms with Gasteiger partial charge in [0.1, 0.15) is 0 Å². The zero-order chi connectivity index (χ0) is 11.8. The average Bonchev–Trinajstić information content (AvgIpc) is 2.47. The first-order chi connectivity index (χ1) is 6.76. The topological polar surface area (TPSA) is 77.9 Å². The molecule has 1 rings (SSSR count). The SMILES string of the molecule is CC1CN(S(=O)(=O)N(C)C)CC1C(=O)O. The minimum Gasteiger partial charge on any atom is -0.481 e. The Morgan fingerprint density at radius 1 is 1.40 bits per heavy atom. The number of carboxylic acids is 1. The van der Waals surface area contributed by atoms with Crippen molar-refractivity contribution >= 4 is 16.2 Å². The third kappa shape index (κ3) is 2.30. The normalized spacial score (nSPS) is 28.5. The highest BCUT2D eigenvalue weighted by Crippen LogP contribution is 2.25. The first kappa shape index (κ1) is 12.4. The number of carboxylic acid groups (broad SMARTS) is 1. The Hall–Kier alpha value is -0.660. The summed E-state index contributed by atoms with van der Waals surface area (Å²) in [5.41, 5.74) is 0. The second kappa shape index (κ2) is 4.07. The van der Waals surface area contributed by atoms with Crippen molar-refractivity contribution in [2.24, 2.45) is 11.8 Å². The third-order valence-corrected chi connectivity index (χ3v) is 4.56. The molecule has 2 unspecified atom stereocenters. The molecular formula is C8H16N2O4S. The van der Waals surface area contributed by atoms with Gasteiger partial charge in [0.05, 0.1) is 5.92 Å². The van der Waals surface area contributed by atoms with Gasteiger partial charge in [0.25, 0.3) is 10.2 Å². The smallest absolute Gasteiger partial charge is 0.308 e. The van der Waals surface area contributed by atoms with Gasteiger partial charge in [-0.1, -0.05) is 6.92 Å². The van der Waals surface area contributed by atoms with Crippen LogP contribution < -0.4 is 0 Å². The molecule has 0 bridgehead atoms. The molecule has 1 N–H and O–H groups in total. The van der Waals surface area contributed by atoms with Crippen LogP contribution in [0.2, 0.25) is 0 Å². The number of hydrogen-bond acceptors (Lipinski definition) is 3. The molecule has 0 saturated carbocycles. The molecule has 0 aliphatic carbocycles. The minimum atomic E-state index is -3.47. The first-order valence-corrected chi connectivity index (χ1v) is 6.07. The molecule has 0 aromatic carbocycles. The van der Waals surface area contributed by atoms with Crippen LogP contribution in [0.5, 0.6) is 0 Å². The highest BCUT2D eigenvalue weighted by molar-refractivity contribution is 7.86. The lowest BCUT2D eigenvalue weighted by molar-refractivity contribution is -0.142. The maximum absolute atomic E-state index is 11.7. The molecule has 7 heteroatoms. The first-order valence-electron chi connectivity index (χ1n) is 4.67. The van der Waals surface area contributed by atoms with E-state index in [9.17, 15) is 13.2 Å². The molecule has 1 aliphatic heterocycles. The number of rotatable bonds is 3. The van der Waals surface area contributed by atoms with Crippen LogP contribution in [-0.4, -0.2) is 55.3 Å². The molecule has 1 fully saturated rings. The molecule has 1 aliphatic rings. The fraction of sp³-hybridized carbons (Fsp3) is 0.875.